The predicted octanol–water partition coefficient (Wildman–Crippen LogP) is 5.41. The van der Waals surface area contributed by atoms with Crippen LogP contribution in [-0.4, -0.2) is 22.3 Å². The van der Waals surface area contributed by atoms with Gasteiger partial charge in [-0.05, 0) is 25.7 Å². The Bertz CT molecular complexity index is 356. The summed E-state index contributed by atoms with van der Waals surface area (Å²) in [7, 11) is 0. The molecule has 132 valence electrons. The quantitative estimate of drug-likeness (QED) is 0.241. The molecule has 0 unspecified atom stereocenters. The molecule has 0 spiro atoms. The molecule has 0 aromatic carbocycles. The van der Waals surface area contributed by atoms with Crippen molar-refractivity contribution in [3.63, 3.8) is 0 Å². The van der Waals surface area contributed by atoms with E-state index >= 15 is 0 Å². The van der Waals surface area contributed by atoms with Crippen molar-refractivity contribution >= 4 is 5.97 Å². The van der Waals surface area contributed by atoms with Crippen LogP contribution in [0.15, 0.2) is 36.5 Å². The maximum Gasteiger partial charge on any atom is 0.328 e. The number of aliphatic carboxylic acids is 1. The third-order valence-electron chi connectivity index (χ3n) is 3.76. The van der Waals surface area contributed by atoms with Gasteiger partial charge < -0.3 is 10.2 Å². The van der Waals surface area contributed by atoms with E-state index in [0.717, 1.165) is 44.6 Å². The Morgan fingerprint density at radius 3 is 2.17 bits per heavy atom. The first kappa shape index (κ1) is 21.6. The molecule has 0 aromatic heterocycles. The first-order chi connectivity index (χ1) is 11.2. The predicted molar refractivity (Wildman–Crippen MR) is 97.5 cm³/mol. The zero-order valence-corrected chi connectivity index (χ0v) is 14.6. The molecule has 0 aliphatic carbocycles. The van der Waals surface area contributed by atoms with Crippen LogP contribution in [0.5, 0.6) is 0 Å². The Kier molecular flexibility index (Phi) is 16.0. The van der Waals surface area contributed by atoms with Gasteiger partial charge in [0.05, 0.1) is 6.10 Å². The van der Waals surface area contributed by atoms with Gasteiger partial charge in [0.25, 0.3) is 0 Å². The molecular formula is C20H34O3. The largest absolute Gasteiger partial charge is 0.478 e. The molecule has 0 aliphatic rings. The Balaban J connectivity index is 3.41. The third kappa shape index (κ3) is 18.6. The van der Waals surface area contributed by atoms with Crippen LogP contribution in [0.4, 0.5) is 0 Å². The Hall–Kier alpha value is -1.35. The van der Waals surface area contributed by atoms with Gasteiger partial charge >= 0.3 is 5.97 Å². The summed E-state index contributed by atoms with van der Waals surface area (Å²) in [4.78, 5) is 10.2. The molecule has 0 aliphatic heterocycles. The van der Waals surface area contributed by atoms with Crippen molar-refractivity contribution in [2.75, 3.05) is 0 Å². The minimum atomic E-state index is -0.932. The third-order valence-corrected chi connectivity index (χ3v) is 3.76. The van der Waals surface area contributed by atoms with Crippen molar-refractivity contribution in [3.8, 4) is 0 Å². The van der Waals surface area contributed by atoms with Crippen molar-refractivity contribution in [3.05, 3.63) is 36.5 Å². The lowest BCUT2D eigenvalue weighted by Crippen LogP contribution is -2.05. The van der Waals surface area contributed by atoms with E-state index in [0.29, 0.717) is 0 Å². The van der Waals surface area contributed by atoms with Gasteiger partial charge in [0.15, 0.2) is 0 Å². The number of hydrogen-bond acceptors (Lipinski definition) is 2. The average Bonchev–Trinajstić information content (AvgIpc) is 2.52. The fourth-order valence-corrected chi connectivity index (χ4v) is 2.39. The molecule has 2 N–H and O–H groups in total. The number of rotatable bonds is 15. The first-order valence-corrected chi connectivity index (χ1v) is 9.07. The lowest BCUT2D eigenvalue weighted by atomic mass is 10.0. The molecule has 23 heavy (non-hydrogen) atoms. The Labute approximate surface area is 141 Å². The van der Waals surface area contributed by atoms with E-state index in [9.17, 15) is 9.90 Å². The standard InChI is InChI=1S/C20H34O3/c1-2-3-4-5-10-13-16-19(21)17-14-11-8-6-7-9-12-15-18-20(22)23/h6-7,9,12,15,18-19,21H,2-5,8,10-11,13-14,16-17H2,1H3,(H,22,23)/t19-/m1/s1. The van der Waals surface area contributed by atoms with E-state index in [4.69, 9.17) is 5.11 Å². The molecule has 0 rings (SSSR count). The zero-order chi connectivity index (χ0) is 17.2. The molecule has 0 bridgehead atoms. The van der Waals surface area contributed by atoms with E-state index in [1.807, 2.05) is 12.2 Å². The lowest BCUT2D eigenvalue weighted by molar-refractivity contribution is -0.131. The van der Waals surface area contributed by atoms with Crippen molar-refractivity contribution in [2.24, 2.45) is 0 Å². The number of aliphatic hydroxyl groups excluding tert-OH is 1. The molecule has 0 amide bonds. The molecule has 0 radical (unpaired) electrons. The highest BCUT2D eigenvalue weighted by atomic mass is 16.4. The molecule has 3 heteroatoms. The minimum Gasteiger partial charge on any atom is -0.478 e. The van der Waals surface area contributed by atoms with Crippen molar-refractivity contribution in [2.45, 2.75) is 83.7 Å². The van der Waals surface area contributed by atoms with Gasteiger partial charge in [0.2, 0.25) is 0 Å². The van der Waals surface area contributed by atoms with Crippen molar-refractivity contribution < 1.29 is 15.0 Å². The van der Waals surface area contributed by atoms with Gasteiger partial charge in [0, 0.05) is 6.08 Å². The highest BCUT2D eigenvalue weighted by Gasteiger charge is 2.03. The highest BCUT2D eigenvalue weighted by Crippen LogP contribution is 2.12. The second-order valence-corrected chi connectivity index (χ2v) is 6.01. The smallest absolute Gasteiger partial charge is 0.328 e. The van der Waals surface area contributed by atoms with Crippen LogP contribution in [0.2, 0.25) is 0 Å². The lowest BCUT2D eigenvalue weighted by Gasteiger charge is -2.09. The molecule has 0 saturated heterocycles. The summed E-state index contributed by atoms with van der Waals surface area (Å²) in [5.74, 6) is -0.932. The molecule has 0 heterocycles. The maximum atomic E-state index is 10.2. The summed E-state index contributed by atoms with van der Waals surface area (Å²) in [6.45, 7) is 2.23. The number of hydrogen-bond donors (Lipinski definition) is 2. The topological polar surface area (TPSA) is 57.5 Å². The number of allylic oxidation sites excluding steroid dienone is 5. The van der Waals surface area contributed by atoms with Gasteiger partial charge in [-0.15, -0.1) is 0 Å². The van der Waals surface area contributed by atoms with E-state index in [-0.39, 0.29) is 6.10 Å². The van der Waals surface area contributed by atoms with Crippen molar-refractivity contribution in [1.82, 2.24) is 0 Å². The van der Waals surface area contributed by atoms with Crippen molar-refractivity contribution in [1.29, 1.82) is 0 Å². The zero-order valence-electron chi connectivity index (χ0n) is 14.6. The number of carboxylic acids is 1. The maximum absolute atomic E-state index is 10.2. The van der Waals surface area contributed by atoms with Crippen LogP contribution in [0.3, 0.4) is 0 Å². The van der Waals surface area contributed by atoms with Gasteiger partial charge in [-0.1, -0.05) is 82.2 Å². The fourth-order valence-electron chi connectivity index (χ4n) is 2.39. The summed E-state index contributed by atoms with van der Waals surface area (Å²) in [5, 5.41) is 18.3. The number of unbranched alkanes of at least 4 members (excludes halogenated alkanes) is 7. The van der Waals surface area contributed by atoms with E-state index in [1.54, 1.807) is 6.08 Å². The van der Waals surface area contributed by atoms with Crippen LogP contribution >= 0.6 is 0 Å². The normalized spacial score (nSPS) is 13.5. The van der Waals surface area contributed by atoms with Crippen LogP contribution in [0.25, 0.3) is 0 Å². The van der Waals surface area contributed by atoms with Gasteiger partial charge in [-0.2, -0.15) is 0 Å². The highest BCUT2D eigenvalue weighted by molar-refractivity contribution is 5.80. The summed E-state index contributed by atoms with van der Waals surface area (Å²) < 4.78 is 0. The number of carboxylic acid groups (broad SMARTS) is 1. The van der Waals surface area contributed by atoms with E-state index in [2.05, 4.69) is 13.0 Å². The van der Waals surface area contributed by atoms with Crippen LogP contribution in [0, 0.1) is 0 Å². The van der Waals surface area contributed by atoms with Crippen LogP contribution in [-0.2, 0) is 4.79 Å². The van der Waals surface area contributed by atoms with E-state index < -0.39 is 5.97 Å². The van der Waals surface area contributed by atoms with Crippen LogP contribution in [0.1, 0.15) is 77.6 Å². The number of aliphatic hydroxyl groups is 1. The molecule has 3 nitrogen and oxygen atoms in total. The minimum absolute atomic E-state index is 0.133. The molecular weight excluding hydrogens is 288 g/mol. The number of carbonyl (C=O) groups is 1. The fraction of sp³-hybridized carbons (Fsp3) is 0.650. The molecule has 0 fully saturated rings. The molecule has 0 saturated carbocycles. The summed E-state index contributed by atoms with van der Waals surface area (Å²) in [5.41, 5.74) is 0. The second kappa shape index (κ2) is 17.0. The molecule has 1 atom stereocenters. The molecule has 0 aromatic rings. The average molecular weight is 322 g/mol. The Morgan fingerprint density at radius 2 is 1.48 bits per heavy atom. The first-order valence-electron chi connectivity index (χ1n) is 9.07. The SMILES string of the molecule is CCCCCCCC[C@@H](O)CCCCC=CC=CC=CC(=O)O. The summed E-state index contributed by atoms with van der Waals surface area (Å²) in [6.07, 6.45) is 22.7. The monoisotopic (exact) mass is 322 g/mol. The van der Waals surface area contributed by atoms with Crippen LogP contribution < -0.4 is 0 Å². The Morgan fingerprint density at radius 1 is 0.870 bits per heavy atom. The van der Waals surface area contributed by atoms with E-state index in [1.165, 1.54) is 38.2 Å². The van der Waals surface area contributed by atoms with Gasteiger partial charge in [-0.3, -0.25) is 0 Å². The summed E-state index contributed by atoms with van der Waals surface area (Å²) in [6, 6.07) is 0. The second-order valence-electron chi connectivity index (χ2n) is 6.01. The van der Waals surface area contributed by atoms with Gasteiger partial charge in [-0.25, -0.2) is 4.79 Å². The summed E-state index contributed by atoms with van der Waals surface area (Å²) >= 11 is 0. The van der Waals surface area contributed by atoms with Gasteiger partial charge in [0.1, 0.15) is 0 Å².